The molecule has 1 saturated carbocycles. The molecular formula is C17H27N3O2S. The normalized spacial score (nSPS) is 28.8. The van der Waals surface area contributed by atoms with Gasteiger partial charge in [-0.3, -0.25) is 0 Å². The maximum absolute atomic E-state index is 12.2. The Balaban J connectivity index is 1.51. The van der Waals surface area contributed by atoms with Gasteiger partial charge in [0.1, 0.15) is 5.01 Å². The number of hydrogen-bond acceptors (Lipinski definition) is 4. The van der Waals surface area contributed by atoms with Crippen LogP contribution in [0.25, 0.3) is 0 Å². The predicted octanol–water partition coefficient (Wildman–Crippen LogP) is 3.05. The molecule has 5 nitrogen and oxygen atoms in total. The van der Waals surface area contributed by atoms with Crippen molar-refractivity contribution >= 4 is 17.4 Å². The highest BCUT2D eigenvalue weighted by Gasteiger charge is 2.59. The van der Waals surface area contributed by atoms with Crippen molar-refractivity contribution in [2.24, 2.45) is 11.3 Å². The minimum absolute atomic E-state index is 0.0130. The zero-order chi connectivity index (χ0) is 16.8. The molecular weight excluding hydrogens is 310 g/mol. The van der Waals surface area contributed by atoms with Crippen molar-refractivity contribution in [3.8, 4) is 0 Å². The molecule has 2 heterocycles. The van der Waals surface area contributed by atoms with Crippen LogP contribution < -0.4 is 10.6 Å². The lowest BCUT2D eigenvalue weighted by Crippen LogP contribution is -2.67. The number of thiazole rings is 1. The van der Waals surface area contributed by atoms with Crippen LogP contribution >= 0.6 is 11.3 Å². The number of nitrogens with one attached hydrogen (secondary N) is 2. The van der Waals surface area contributed by atoms with Gasteiger partial charge in [0.15, 0.2) is 0 Å². The van der Waals surface area contributed by atoms with E-state index in [9.17, 15) is 4.79 Å². The van der Waals surface area contributed by atoms with Gasteiger partial charge in [-0.25, -0.2) is 9.78 Å². The molecule has 128 valence electrons. The van der Waals surface area contributed by atoms with Crippen LogP contribution in [0.3, 0.4) is 0 Å². The van der Waals surface area contributed by atoms with Crippen LogP contribution in [0.4, 0.5) is 4.79 Å². The van der Waals surface area contributed by atoms with E-state index in [0.29, 0.717) is 18.6 Å². The molecule has 1 aliphatic heterocycles. The van der Waals surface area contributed by atoms with Gasteiger partial charge in [0, 0.05) is 34.8 Å². The number of urea groups is 1. The van der Waals surface area contributed by atoms with Crippen molar-refractivity contribution in [3.63, 3.8) is 0 Å². The fraction of sp³-hybridized carbons (Fsp3) is 0.765. The summed E-state index contributed by atoms with van der Waals surface area (Å²) in [5.41, 5.74) is 1.13. The summed E-state index contributed by atoms with van der Waals surface area (Å²) in [6.07, 6.45) is 1.33. The van der Waals surface area contributed by atoms with Gasteiger partial charge in [0.05, 0.1) is 18.3 Å². The predicted molar refractivity (Wildman–Crippen MR) is 91.6 cm³/mol. The third-order valence-corrected chi connectivity index (χ3v) is 5.96. The molecule has 2 amide bonds. The Kier molecular flexibility index (Phi) is 4.17. The zero-order valence-electron chi connectivity index (χ0n) is 14.6. The number of rotatable bonds is 3. The maximum Gasteiger partial charge on any atom is 0.315 e. The second-order valence-corrected chi connectivity index (χ2v) is 9.19. The fourth-order valence-corrected chi connectivity index (χ4v) is 4.66. The topological polar surface area (TPSA) is 63.2 Å². The standard InChI is InChI=1S/C17H27N3O2S/c1-16(2,3)11-9-23-12(19-11)8-18-15(21)20-13-10-6-7-22-14(10)17(13,4)5/h9-10,13-14H,6-8H2,1-5H3,(H2,18,20,21)/t10-,13-,14-/m1/s1. The average Bonchev–Trinajstić information content (AvgIpc) is 3.09. The molecule has 1 aliphatic carbocycles. The van der Waals surface area contributed by atoms with Crippen LogP contribution in [0.2, 0.25) is 0 Å². The summed E-state index contributed by atoms with van der Waals surface area (Å²) in [6.45, 7) is 12.1. The minimum Gasteiger partial charge on any atom is -0.377 e. The third kappa shape index (κ3) is 3.11. The van der Waals surface area contributed by atoms with Gasteiger partial charge in [0.25, 0.3) is 0 Å². The molecule has 0 radical (unpaired) electrons. The first-order chi connectivity index (χ1) is 10.7. The van der Waals surface area contributed by atoms with Crippen molar-refractivity contribution in [1.82, 2.24) is 15.6 Å². The minimum atomic E-state index is -0.110. The lowest BCUT2D eigenvalue weighted by atomic mass is 9.57. The number of nitrogens with zero attached hydrogens (tertiary/aromatic N) is 1. The molecule has 0 unspecified atom stereocenters. The second-order valence-electron chi connectivity index (χ2n) is 8.25. The van der Waals surface area contributed by atoms with E-state index in [1.165, 1.54) is 0 Å². The Morgan fingerprint density at radius 3 is 2.87 bits per heavy atom. The lowest BCUT2D eigenvalue weighted by Gasteiger charge is -2.54. The van der Waals surface area contributed by atoms with Gasteiger partial charge in [-0.2, -0.15) is 0 Å². The van der Waals surface area contributed by atoms with E-state index >= 15 is 0 Å². The molecule has 0 bridgehead atoms. The molecule has 2 fully saturated rings. The Morgan fingerprint density at radius 1 is 1.48 bits per heavy atom. The van der Waals surface area contributed by atoms with Crippen LogP contribution in [0.5, 0.6) is 0 Å². The summed E-state index contributed by atoms with van der Waals surface area (Å²) >= 11 is 1.60. The first-order valence-corrected chi connectivity index (χ1v) is 9.18. The highest BCUT2D eigenvalue weighted by atomic mass is 32.1. The summed E-state index contributed by atoms with van der Waals surface area (Å²) < 4.78 is 5.76. The number of amides is 2. The Hall–Kier alpha value is -1.14. The van der Waals surface area contributed by atoms with Gasteiger partial charge in [-0.05, 0) is 6.42 Å². The second kappa shape index (κ2) is 5.74. The molecule has 2 N–H and O–H groups in total. The van der Waals surface area contributed by atoms with Crippen LogP contribution in [-0.4, -0.2) is 29.8 Å². The van der Waals surface area contributed by atoms with E-state index in [1.54, 1.807) is 11.3 Å². The molecule has 3 rings (SSSR count). The van der Waals surface area contributed by atoms with Crippen LogP contribution in [0.15, 0.2) is 5.38 Å². The molecule has 1 aromatic rings. The smallest absolute Gasteiger partial charge is 0.315 e. The number of hydrogen-bond donors (Lipinski definition) is 2. The van der Waals surface area contributed by atoms with Gasteiger partial charge < -0.3 is 15.4 Å². The number of ether oxygens (including phenoxy) is 1. The van der Waals surface area contributed by atoms with Gasteiger partial charge in [0.2, 0.25) is 0 Å². The van der Waals surface area contributed by atoms with E-state index in [1.807, 2.05) is 0 Å². The van der Waals surface area contributed by atoms with E-state index in [-0.39, 0.29) is 22.9 Å². The molecule has 23 heavy (non-hydrogen) atoms. The van der Waals surface area contributed by atoms with E-state index in [0.717, 1.165) is 23.7 Å². The highest BCUT2D eigenvalue weighted by Crippen LogP contribution is 2.52. The summed E-state index contributed by atoms with van der Waals surface area (Å²) in [5.74, 6) is 0.461. The van der Waals surface area contributed by atoms with Gasteiger partial charge >= 0.3 is 6.03 Å². The summed E-state index contributed by atoms with van der Waals surface area (Å²) in [7, 11) is 0. The van der Waals surface area contributed by atoms with E-state index < -0.39 is 0 Å². The van der Waals surface area contributed by atoms with Crippen LogP contribution in [-0.2, 0) is 16.7 Å². The molecule has 0 aromatic carbocycles. The Labute approximate surface area is 142 Å². The SMILES string of the molecule is CC(C)(C)c1csc(CNC(=O)N[C@@H]2[C@H]3CCO[C@H]3C2(C)C)n1. The molecule has 1 aromatic heterocycles. The highest BCUT2D eigenvalue weighted by molar-refractivity contribution is 7.09. The third-order valence-electron chi connectivity index (χ3n) is 5.11. The van der Waals surface area contributed by atoms with Crippen molar-refractivity contribution < 1.29 is 9.53 Å². The Bertz CT molecular complexity index is 591. The first-order valence-electron chi connectivity index (χ1n) is 8.30. The Morgan fingerprint density at radius 2 is 2.22 bits per heavy atom. The zero-order valence-corrected chi connectivity index (χ0v) is 15.4. The largest absolute Gasteiger partial charge is 0.377 e. The number of carbonyl (C=O) groups is 1. The number of aromatic nitrogens is 1. The first kappa shape index (κ1) is 16.7. The van der Waals surface area contributed by atoms with Gasteiger partial charge in [-0.1, -0.05) is 34.6 Å². The monoisotopic (exact) mass is 337 g/mol. The van der Waals surface area contributed by atoms with E-state index in [4.69, 9.17) is 4.74 Å². The van der Waals surface area contributed by atoms with E-state index in [2.05, 4.69) is 55.6 Å². The summed E-state index contributed by atoms with van der Waals surface area (Å²) in [6, 6.07) is 0.0809. The molecule has 1 saturated heterocycles. The maximum atomic E-state index is 12.2. The molecule has 6 heteroatoms. The lowest BCUT2D eigenvalue weighted by molar-refractivity contribution is -0.108. The van der Waals surface area contributed by atoms with Crippen molar-refractivity contribution in [2.75, 3.05) is 6.61 Å². The number of carbonyl (C=O) groups excluding carboxylic acids is 1. The molecule has 3 atom stereocenters. The fourth-order valence-electron chi connectivity index (χ4n) is 3.70. The molecule has 2 aliphatic rings. The van der Waals surface area contributed by atoms with Crippen LogP contribution in [0.1, 0.15) is 51.7 Å². The van der Waals surface area contributed by atoms with Crippen molar-refractivity contribution in [1.29, 1.82) is 0 Å². The average molecular weight is 337 g/mol. The van der Waals surface area contributed by atoms with Gasteiger partial charge in [-0.15, -0.1) is 11.3 Å². The van der Waals surface area contributed by atoms with Crippen LogP contribution in [0, 0.1) is 11.3 Å². The van der Waals surface area contributed by atoms with Crippen molar-refractivity contribution in [2.45, 2.75) is 65.1 Å². The summed E-state index contributed by atoms with van der Waals surface area (Å²) in [5, 5.41) is 9.09. The number of fused-ring (bicyclic) bond motifs is 1. The molecule has 0 spiro atoms. The summed E-state index contributed by atoms with van der Waals surface area (Å²) in [4.78, 5) is 16.8. The van der Waals surface area contributed by atoms with Crippen molar-refractivity contribution in [3.05, 3.63) is 16.1 Å². The quantitative estimate of drug-likeness (QED) is 0.891.